The van der Waals surface area contributed by atoms with Gasteiger partial charge in [0.25, 0.3) is 0 Å². The van der Waals surface area contributed by atoms with Gasteiger partial charge in [0.15, 0.2) is 5.69 Å². The molecule has 1 N–H and O–H groups in total. The second kappa shape index (κ2) is 3.80. The van der Waals surface area contributed by atoms with Gasteiger partial charge in [-0.25, -0.2) is 4.98 Å². The molecule has 2 aromatic heterocycles. The van der Waals surface area contributed by atoms with E-state index in [0.717, 1.165) is 11.3 Å². The molecule has 0 aliphatic carbocycles. The van der Waals surface area contributed by atoms with Crippen molar-refractivity contribution in [2.45, 2.75) is 20.4 Å². The molecule has 0 aliphatic rings. The molecule has 0 saturated heterocycles. The Morgan fingerprint density at radius 3 is 2.88 bits per heavy atom. The highest BCUT2D eigenvalue weighted by Gasteiger charge is 2.16. The van der Waals surface area contributed by atoms with Crippen LogP contribution < -0.4 is 0 Å². The van der Waals surface area contributed by atoms with Gasteiger partial charge in [0, 0.05) is 11.3 Å². The number of hydrogen-bond donors (Lipinski definition) is 1. The summed E-state index contributed by atoms with van der Waals surface area (Å²) in [5.74, 6) is -0.519. The summed E-state index contributed by atoms with van der Waals surface area (Å²) in [6.45, 7) is 3.52. The van der Waals surface area contributed by atoms with Gasteiger partial charge in [-0.1, -0.05) is 0 Å². The van der Waals surface area contributed by atoms with Crippen LogP contribution in [0.1, 0.15) is 11.3 Å². The molecule has 0 unspecified atom stereocenters. The molecule has 84 valence electrons. The monoisotopic (exact) mass is 221 g/mol. The predicted octanol–water partition coefficient (Wildman–Crippen LogP) is 1.24. The third-order valence-electron chi connectivity index (χ3n) is 2.43. The average molecular weight is 221 g/mol. The zero-order chi connectivity index (χ0) is 11.7. The number of carboxylic acid groups (broad SMARTS) is 1. The zero-order valence-electron chi connectivity index (χ0n) is 8.97. The SMILES string of the molecule is Cc1c(-c2ncco2)nn(CC(=O)O)c1C. The largest absolute Gasteiger partial charge is 0.480 e. The number of nitrogens with zero attached hydrogens (tertiary/aromatic N) is 3. The summed E-state index contributed by atoms with van der Waals surface area (Å²) in [5.41, 5.74) is 2.27. The second-order valence-electron chi connectivity index (χ2n) is 3.45. The number of carboxylic acids is 1. The third-order valence-corrected chi connectivity index (χ3v) is 2.43. The molecule has 0 bridgehead atoms. The molecule has 6 heteroatoms. The van der Waals surface area contributed by atoms with Crippen LogP contribution in [0.2, 0.25) is 0 Å². The smallest absolute Gasteiger partial charge is 0.325 e. The molecule has 16 heavy (non-hydrogen) atoms. The van der Waals surface area contributed by atoms with Crippen molar-refractivity contribution in [1.29, 1.82) is 0 Å². The van der Waals surface area contributed by atoms with Crippen molar-refractivity contribution in [3.8, 4) is 11.6 Å². The van der Waals surface area contributed by atoms with E-state index >= 15 is 0 Å². The highest BCUT2D eigenvalue weighted by Crippen LogP contribution is 2.22. The summed E-state index contributed by atoms with van der Waals surface area (Å²) in [7, 11) is 0. The predicted molar refractivity (Wildman–Crippen MR) is 54.8 cm³/mol. The first kappa shape index (κ1) is 10.4. The van der Waals surface area contributed by atoms with E-state index < -0.39 is 5.97 Å². The van der Waals surface area contributed by atoms with E-state index in [1.807, 2.05) is 13.8 Å². The zero-order valence-corrected chi connectivity index (χ0v) is 8.97. The molecule has 0 aliphatic heterocycles. The van der Waals surface area contributed by atoms with Gasteiger partial charge in [-0.05, 0) is 13.8 Å². The van der Waals surface area contributed by atoms with Gasteiger partial charge in [0.2, 0.25) is 5.89 Å². The van der Waals surface area contributed by atoms with Crippen LogP contribution in [0.3, 0.4) is 0 Å². The lowest BCUT2D eigenvalue weighted by Crippen LogP contribution is -2.11. The fourth-order valence-electron chi connectivity index (χ4n) is 1.46. The van der Waals surface area contributed by atoms with Gasteiger partial charge >= 0.3 is 5.97 Å². The fourth-order valence-corrected chi connectivity index (χ4v) is 1.46. The van der Waals surface area contributed by atoms with E-state index in [4.69, 9.17) is 9.52 Å². The van der Waals surface area contributed by atoms with Gasteiger partial charge in [-0.2, -0.15) is 5.10 Å². The van der Waals surface area contributed by atoms with Crippen LogP contribution in [0.4, 0.5) is 0 Å². The summed E-state index contributed by atoms with van der Waals surface area (Å²) in [6, 6.07) is 0. The molecule has 0 spiro atoms. The molecule has 0 aromatic carbocycles. The summed E-state index contributed by atoms with van der Waals surface area (Å²) < 4.78 is 6.57. The minimum atomic E-state index is -0.926. The number of aromatic nitrogens is 3. The van der Waals surface area contributed by atoms with E-state index in [-0.39, 0.29) is 6.54 Å². The molecule has 0 saturated carbocycles. The lowest BCUT2D eigenvalue weighted by atomic mass is 10.2. The van der Waals surface area contributed by atoms with E-state index in [2.05, 4.69) is 10.1 Å². The molecule has 0 radical (unpaired) electrons. The van der Waals surface area contributed by atoms with Gasteiger partial charge in [0.1, 0.15) is 12.8 Å². The van der Waals surface area contributed by atoms with Crippen molar-refractivity contribution in [3.05, 3.63) is 23.7 Å². The minimum absolute atomic E-state index is 0.159. The Morgan fingerprint density at radius 1 is 1.56 bits per heavy atom. The van der Waals surface area contributed by atoms with Gasteiger partial charge < -0.3 is 9.52 Å². The lowest BCUT2D eigenvalue weighted by Gasteiger charge is -1.98. The van der Waals surface area contributed by atoms with Crippen LogP contribution in [0, 0.1) is 13.8 Å². The first-order chi connectivity index (χ1) is 7.59. The quantitative estimate of drug-likeness (QED) is 0.843. The number of oxazole rings is 1. The minimum Gasteiger partial charge on any atom is -0.480 e. The summed E-state index contributed by atoms with van der Waals surface area (Å²) in [4.78, 5) is 14.6. The van der Waals surface area contributed by atoms with Crippen molar-refractivity contribution in [2.24, 2.45) is 0 Å². The highest BCUT2D eigenvalue weighted by atomic mass is 16.4. The van der Waals surface area contributed by atoms with Crippen molar-refractivity contribution in [1.82, 2.24) is 14.8 Å². The maximum absolute atomic E-state index is 10.6. The van der Waals surface area contributed by atoms with Crippen LogP contribution in [-0.4, -0.2) is 25.8 Å². The number of rotatable bonds is 3. The Kier molecular flexibility index (Phi) is 2.47. The van der Waals surface area contributed by atoms with E-state index in [0.29, 0.717) is 11.6 Å². The van der Waals surface area contributed by atoms with Crippen LogP contribution in [-0.2, 0) is 11.3 Å². The summed E-state index contributed by atoms with van der Waals surface area (Å²) >= 11 is 0. The molecular formula is C10H11N3O3. The summed E-state index contributed by atoms with van der Waals surface area (Å²) in [5, 5.41) is 12.9. The van der Waals surface area contributed by atoms with Crippen molar-refractivity contribution >= 4 is 5.97 Å². The molecule has 2 heterocycles. The normalized spacial score (nSPS) is 10.6. The lowest BCUT2D eigenvalue weighted by molar-refractivity contribution is -0.137. The van der Waals surface area contributed by atoms with Crippen LogP contribution in [0.5, 0.6) is 0 Å². The molecule has 2 rings (SSSR count). The van der Waals surface area contributed by atoms with E-state index in [1.165, 1.54) is 17.1 Å². The first-order valence-corrected chi connectivity index (χ1v) is 4.75. The third kappa shape index (κ3) is 1.69. The highest BCUT2D eigenvalue weighted by molar-refractivity contribution is 5.67. The molecular weight excluding hydrogens is 210 g/mol. The van der Waals surface area contributed by atoms with Crippen molar-refractivity contribution in [2.75, 3.05) is 0 Å². The standard InChI is InChI=1S/C10H11N3O3/c1-6-7(2)13(5-8(14)15)12-9(6)10-11-3-4-16-10/h3-4H,5H2,1-2H3,(H,14,15). The van der Waals surface area contributed by atoms with Crippen LogP contribution in [0.15, 0.2) is 16.9 Å². The number of hydrogen-bond acceptors (Lipinski definition) is 4. The number of carbonyl (C=O) groups is 1. The maximum Gasteiger partial charge on any atom is 0.325 e. The Balaban J connectivity index is 2.45. The Hall–Kier alpha value is -2.11. The van der Waals surface area contributed by atoms with Crippen LogP contribution >= 0.6 is 0 Å². The van der Waals surface area contributed by atoms with E-state index in [9.17, 15) is 4.79 Å². The fraction of sp³-hybridized carbons (Fsp3) is 0.300. The second-order valence-corrected chi connectivity index (χ2v) is 3.45. The van der Waals surface area contributed by atoms with Gasteiger partial charge in [-0.15, -0.1) is 0 Å². The number of aliphatic carboxylic acids is 1. The van der Waals surface area contributed by atoms with Crippen LogP contribution in [0.25, 0.3) is 11.6 Å². The van der Waals surface area contributed by atoms with Crippen molar-refractivity contribution < 1.29 is 14.3 Å². The Morgan fingerprint density at radius 2 is 2.31 bits per heavy atom. The molecule has 2 aromatic rings. The maximum atomic E-state index is 10.6. The van der Waals surface area contributed by atoms with Crippen molar-refractivity contribution in [3.63, 3.8) is 0 Å². The van der Waals surface area contributed by atoms with Gasteiger partial charge in [0.05, 0.1) is 6.20 Å². The van der Waals surface area contributed by atoms with E-state index in [1.54, 1.807) is 0 Å². The Labute approximate surface area is 91.5 Å². The molecule has 0 amide bonds. The summed E-state index contributed by atoms with van der Waals surface area (Å²) in [6.07, 6.45) is 2.99. The molecule has 6 nitrogen and oxygen atoms in total. The molecule has 0 fully saturated rings. The Bertz CT molecular complexity index is 514. The topological polar surface area (TPSA) is 81.2 Å². The first-order valence-electron chi connectivity index (χ1n) is 4.75. The van der Waals surface area contributed by atoms with Gasteiger partial charge in [-0.3, -0.25) is 9.48 Å². The molecule has 0 atom stereocenters. The average Bonchev–Trinajstić information content (AvgIpc) is 2.81.